The van der Waals surface area contributed by atoms with Gasteiger partial charge in [-0.1, -0.05) is 42.3 Å². The third kappa shape index (κ3) is 4.54. The number of rotatable bonds is 4. The number of benzene rings is 1. The summed E-state index contributed by atoms with van der Waals surface area (Å²) in [5.74, 6) is 0.0952. The summed E-state index contributed by atoms with van der Waals surface area (Å²) >= 11 is 0. The lowest BCUT2D eigenvalue weighted by Gasteiger charge is -2.40. The van der Waals surface area contributed by atoms with Gasteiger partial charge in [0.15, 0.2) is 0 Å². The molecule has 3 fully saturated rings. The molecule has 0 spiro atoms. The first-order valence-electron chi connectivity index (χ1n) is 10.2. The first-order valence-corrected chi connectivity index (χ1v) is 10.2. The zero-order valence-electron chi connectivity index (χ0n) is 15.6. The van der Waals surface area contributed by atoms with Crippen LogP contribution in [0.1, 0.15) is 49.7 Å². The van der Waals surface area contributed by atoms with E-state index in [-0.39, 0.29) is 12.0 Å². The third-order valence-corrected chi connectivity index (χ3v) is 6.05. The highest BCUT2D eigenvalue weighted by molar-refractivity contribution is 5.76. The van der Waals surface area contributed by atoms with Gasteiger partial charge >= 0.3 is 0 Å². The molecule has 4 heteroatoms. The third-order valence-electron chi connectivity index (χ3n) is 6.05. The molecule has 1 unspecified atom stereocenters. The predicted molar refractivity (Wildman–Crippen MR) is 104 cm³/mol. The van der Waals surface area contributed by atoms with Crippen LogP contribution in [0.15, 0.2) is 29.8 Å². The monoisotopic (exact) mass is 354 g/mol. The van der Waals surface area contributed by atoms with Crippen molar-refractivity contribution in [2.45, 2.75) is 57.1 Å². The highest BCUT2D eigenvalue weighted by Gasteiger charge is 2.26. The molecule has 1 amide bonds. The fraction of sp³-hybridized carbons (Fsp3) is 0.591. The molecule has 2 heterocycles. The molecule has 26 heavy (non-hydrogen) atoms. The molecule has 1 aromatic rings. The van der Waals surface area contributed by atoms with E-state index >= 15 is 0 Å². The van der Waals surface area contributed by atoms with Crippen LogP contribution in [0.5, 0.6) is 0 Å². The summed E-state index contributed by atoms with van der Waals surface area (Å²) in [4.78, 5) is 14.1. The second-order valence-corrected chi connectivity index (χ2v) is 7.92. The average molecular weight is 354 g/mol. The molecule has 2 aliphatic heterocycles. The minimum atomic E-state index is 0.0847. The molecule has 1 atom stereocenters. The summed E-state index contributed by atoms with van der Waals surface area (Å²) in [7, 11) is 0. The summed E-state index contributed by atoms with van der Waals surface area (Å²) in [5.41, 5.74) is 4.16. The number of carbonyl (C=O) groups excluding carboxylic acids is 1. The molecule has 1 aliphatic carbocycles. The first-order chi connectivity index (χ1) is 12.8. The zero-order valence-corrected chi connectivity index (χ0v) is 15.6. The number of amides is 1. The molecule has 0 bridgehead atoms. The van der Waals surface area contributed by atoms with E-state index < -0.39 is 0 Å². The van der Waals surface area contributed by atoms with Crippen molar-refractivity contribution in [3.63, 3.8) is 0 Å². The second kappa shape index (κ2) is 8.36. The Balaban J connectivity index is 1.29. The molecule has 1 aromatic carbocycles. The summed E-state index contributed by atoms with van der Waals surface area (Å²) < 4.78 is 5.77. The van der Waals surface area contributed by atoms with Crippen molar-refractivity contribution in [1.82, 2.24) is 10.2 Å². The summed E-state index contributed by atoms with van der Waals surface area (Å²) in [5, 5.41) is 2.92. The van der Waals surface area contributed by atoms with E-state index in [1.54, 1.807) is 5.57 Å². The molecular formula is C22H30N2O2. The number of carbonyl (C=O) groups is 1. The molecule has 140 valence electrons. The number of ether oxygens (including phenoxy) is 1. The molecule has 4 nitrogen and oxygen atoms in total. The zero-order chi connectivity index (χ0) is 17.8. The maximum absolute atomic E-state index is 11.4. The van der Waals surface area contributed by atoms with Crippen LogP contribution in [0, 0.1) is 0 Å². The Bertz CT molecular complexity index is 639. The van der Waals surface area contributed by atoms with E-state index in [0.29, 0.717) is 19.6 Å². The lowest BCUT2D eigenvalue weighted by Crippen LogP contribution is -2.43. The lowest BCUT2D eigenvalue weighted by molar-refractivity contribution is -0.120. The Hall–Kier alpha value is -1.65. The topological polar surface area (TPSA) is 41.6 Å². The molecule has 3 aliphatic rings. The van der Waals surface area contributed by atoms with E-state index in [1.165, 1.54) is 56.3 Å². The van der Waals surface area contributed by atoms with Crippen LogP contribution in [0.3, 0.4) is 0 Å². The Labute approximate surface area is 156 Å². The highest BCUT2D eigenvalue weighted by Crippen LogP contribution is 2.29. The van der Waals surface area contributed by atoms with Crippen molar-refractivity contribution in [3.8, 4) is 0 Å². The largest absolute Gasteiger partial charge is 0.376 e. The molecule has 1 saturated carbocycles. The number of nitrogens with zero attached hydrogens (tertiary/aromatic N) is 1. The van der Waals surface area contributed by atoms with Gasteiger partial charge in [-0.15, -0.1) is 0 Å². The summed E-state index contributed by atoms with van der Waals surface area (Å²) in [6, 6.07) is 9.72. The van der Waals surface area contributed by atoms with Gasteiger partial charge in [0.2, 0.25) is 5.91 Å². The second-order valence-electron chi connectivity index (χ2n) is 7.92. The van der Waals surface area contributed by atoms with Crippen LogP contribution in [0.4, 0.5) is 0 Å². The highest BCUT2D eigenvalue weighted by atomic mass is 16.5. The van der Waals surface area contributed by atoms with Gasteiger partial charge in [0.1, 0.15) is 0 Å². The SMILES string of the molecule is O=C1CCOC(Cc2ccc(C=C3CCN(C4CCC4)CC3)cc2)CN1. The van der Waals surface area contributed by atoms with Gasteiger partial charge in [0, 0.05) is 38.5 Å². The Morgan fingerprint density at radius 3 is 2.58 bits per heavy atom. The van der Waals surface area contributed by atoms with Crippen molar-refractivity contribution >= 4 is 12.0 Å². The van der Waals surface area contributed by atoms with Crippen LogP contribution < -0.4 is 5.32 Å². The van der Waals surface area contributed by atoms with Crippen molar-refractivity contribution in [2.24, 2.45) is 0 Å². The van der Waals surface area contributed by atoms with Gasteiger partial charge in [0.05, 0.1) is 12.7 Å². The number of hydrogen-bond acceptors (Lipinski definition) is 3. The van der Waals surface area contributed by atoms with E-state index in [2.05, 4.69) is 40.6 Å². The molecule has 1 N–H and O–H groups in total. The molecule has 2 saturated heterocycles. The summed E-state index contributed by atoms with van der Waals surface area (Å²) in [6.07, 6.45) is 10.5. The van der Waals surface area contributed by atoms with Gasteiger partial charge in [0.25, 0.3) is 0 Å². The minimum Gasteiger partial charge on any atom is -0.376 e. The van der Waals surface area contributed by atoms with Crippen molar-refractivity contribution in [2.75, 3.05) is 26.2 Å². The normalized spacial score (nSPS) is 25.3. The summed E-state index contributed by atoms with van der Waals surface area (Å²) in [6.45, 7) is 3.61. The van der Waals surface area contributed by atoms with Crippen LogP contribution >= 0.6 is 0 Å². The Morgan fingerprint density at radius 1 is 1.12 bits per heavy atom. The molecule has 4 rings (SSSR count). The van der Waals surface area contributed by atoms with Crippen LogP contribution in [0.25, 0.3) is 6.08 Å². The smallest absolute Gasteiger partial charge is 0.222 e. The van der Waals surface area contributed by atoms with Gasteiger partial charge < -0.3 is 10.1 Å². The average Bonchev–Trinajstić information content (AvgIpc) is 2.81. The number of piperidine rings is 1. The lowest BCUT2D eigenvalue weighted by atomic mass is 9.89. The number of nitrogens with one attached hydrogen (secondary N) is 1. The molecule has 0 radical (unpaired) electrons. The minimum absolute atomic E-state index is 0.0847. The quantitative estimate of drug-likeness (QED) is 0.903. The van der Waals surface area contributed by atoms with Crippen molar-refractivity contribution in [1.29, 1.82) is 0 Å². The van der Waals surface area contributed by atoms with Gasteiger partial charge in [-0.25, -0.2) is 0 Å². The first kappa shape index (κ1) is 17.7. The fourth-order valence-corrected chi connectivity index (χ4v) is 4.15. The predicted octanol–water partition coefficient (Wildman–Crippen LogP) is 3.17. The van der Waals surface area contributed by atoms with Crippen LogP contribution in [-0.4, -0.2) is 49.2 Å². The van der Waals surface area contributed by atoms with E-state index in [0.717, 1.165) is 12.5 Å². The Morgan fingerprint density at radius 2 is 1.88 bits per heavy atom. The number of hydrogen-bond donors (Lipinski definition) is 1. The fourth-order valence-electron chi connectivity index (χ4n) is 4.15. The van der Waals surface area contributed by atoms with Crippen LogP contribution in [-0.2, 0) is 16.0 Å². The van der Waals surface area contributed by atoms with E-state index in [4.69, 9.17) is 4.74 Å². The maximum Gasteiger partial charge on any atom is 0.222 e. The van der Waals surface area contributed by atoms with E-state index in [9.17, 15) is 4.79 Å². The Kier molecular flexibility index (Phi) is 5.71. The van der Waals surface area contributed by atoms with Crippen molar-refractivity contribution < 1.29 is 9.53 Å². The molecule has 0 aromatic heterocycles. The van der Waals surface area contributed by atoms with Gasteiger partial charge in [-0.3, -0.25) is 9.69 Å². The van der Waals surface area contributed by atoms with Crippen molar-refractivity contribution in [3.05, 3.63) is 41.0 Å². The number of likely N-dealkylation sites (tertiary alicyclic amines) is 1. The molecular weight excluding hydrogens is 324 g/mol. The maximum atomic E-state index is 11.4. The van der Waals surface area contributed by atoms with Gasteiger partial charge in [-0.05, 0) is 36.8 Å². The standard InChI is InChI=1S/C22H30N2O2/c25-22-10-13-26-21(16-23-22)15-18-6-4-17(5-7-18)14-19-8-11-24(12-9-19)20-2-1-3-20/h4-7,14,20-21H,1-3,8-13,15-16H2,(H,23,25). The van der Waals surface area contributed by atoms with Gasteiger partial charge in [-0.2, -0.15) is 0 Å². The van der Waals surface area contributed by atoms with Crippen LogP contribution in [0.2, 0.25) is 0 Å². The van der Waals surface area contributed by atoms with E-state index in [1.807, 2.05) is 0 Å².